The molecule has 1 heterocycles. The van der Waals surface area contributed by atoms with E-state index in [0.717, 1.165) is 13.0 Å². The Kier molecular flexibility index (Phi) is 3.13. The summed E-state index contributed by atoms with van der Waals surface area (Å²) in [5.41, 5.74) is -0.404. The van der Waals surface area contributed by atoms with Gasteiger partial charge in [0.2, 0.25) is 0 Å². The monoisotopic (exact) mass is 197 g/mol. The lowest BCUT2D eigenvalue weighted by Crippen LogP contribution is -2.58. The van der Waals surface area contributed by atoms with E-state index in [2.05, 4.69) is 12.2 Å². The van der Waals surface area contributed by atoms with E-state index >= 15 is 0 Å². The van der Waals surface area contributed by atoms with Crippen molar-refractivity contribution in [1.29, 1.82) is 0 Å². The van der Waals surface area contributed by atoms with Gasteiger partial charge in [-0.3, -0.25) is 0 Å². The van der Waals surface area contributed by atoms with Crippen LogP contribution in [0, 0.1) is 5.92 Å². The van der Waals surface area contributed by atoms with Crippen molar-refractivity contribution in [3.05, 3.63) is 0 Å². The third kappa shape index (κ3) is 1.70. The minimum atomic E-state index is -0.404. The largest absolute Gasteiger partial charge is 0.388 e. The predicted octanol–water partition coefficient (Wildman–Crippen LogP) is 2.07. The van der Waals surface area contributed by atoms with Crippen molar-refractivity contribution in [1.82, 2.24) is 5.32 Å². The molecule has 1 aliphatic carbocycles. The first-order valence-electron chi connectivity index (χ1n) is 6.23. The lowest BCUT2D eigenvalue weighted by atomic mass is 9.67. The maximum absolute atomic E-state index is 10.7. The average molecular weight is 197 g/mol. The van der Waals surface area contributed by atoms with Crippen molar-refractivity contribution in [2.24, 2.45) is 5.92 Å². The van der Waals surface area contributed by atoms with Gasteiger partial charge >= 0.3 is 0 Å². The molecule has 0 aromatic heterocycles. The highest BCUT2D eigenvalue weighted by molar-refractivity contribution is 4.99. The predicted molar refractivity (Wildman–Crippen MR) is 58.2 cm³/mol. The molecule has 2 N–H and O–H groups in total. The van der Waals surface area contributed by atoms with Crippen LogP contribution < -0.4 is 5.32 Å². The summed E-state index contributed by atoms with van der Waals surface area (Å²) in [7, 11) is 0. The van der Waals surface area contributed by atoms with E-state index in [0.29, 0.717) is 12.0 Å². The van der Waals surface area contributed by atoms with E-state index in [1.807, 2.05) is 0 Å². The highest BCUT2D eigenvalue weighted by atomic mass is 16.3. The fraction of sp³-hybridized carbons (Fsp3) is 1.00. The summed E-state index contributed by atoms with van der Waals surface area (Å²) in [5, 5.41) is 14.2. The van der Waals surface area contributed by atoms with Gasteiger partial charge in [-0.25, -0.2) is 0 Å². The van der Waals surface area contributed by atoms with Crippen LogP contribution in [0.15, 0.2) is 0 Å². The van der Waals surface area contributed by atoms with Gasteiger partial charge < -0.3 is 10.4 Å². The summed E-state index contributed by atoms with van der Waals surface area (Å²) >= 11 is 0. The fourth-order valence-corrected chi connectivity index (χ4v) is 3.01. The zero-order valence-electron chi connectivity index (χ0n) is 9.26. The molecule has 1 saturated heterocycles. The van der Waals surface area contributed by atoms with Crippen molar-refractivity contribution < 1.29 is 5.11 Å². The first-order chi connectivity index (χ1) is 6.77. The zero-order valence-corrected chi connectivity index (χ0v) is 9.26. The van der Waals surface area contributed by atoms with Gasteiger partial charge in [0.15, 0.2) is 0 Å². The Bertz CT molecular complexity index is 185. The summed E-state index contributed by atoms with van der Waals surface area (Å²) in [6, 6.07) is 0.367. The Hall–Kier alpha value is -0.0800. The molecule has 1 saturated carbocycles. The fourth-order valence-electron chi connectivity index (χ4n) is 3.01. The van der Waals surface area contributed by atoms with Crippen molar-refractivity contribution in [3.63, 3.8) is 0 Å². The van der Waals surface area contributed by atoms with Gasteiger partial charge in [0, 0.05) is 6.04 Å². The van der Waals surface area contributed by atoms with Crippen LogP contribution in [-0.2, 0) is 0 Å². The second-order valence-corrected chi connectivity index (χ2v) is 4.98. The molecule has 0 amide bonds. The van der Waals surface area contributed by atoms with Crippen LogP contribution in [0.25, 0.3) is 0 Å². The van der Waals surface area contributed by atoms with Crippen LogP contribution in [-0.4, -0.2) is 23.3 Å². The standard InChI is InChI=1S/C12H23NO/c1-2-12(14,10-6-5-7-10)11-8-3-4-9-13-11/h10-11,13-14H,2-9H2,1H3. The van der Waals surface area contributed by atoms with Gasteiger partial charge in [-0.05, 0) is 44.6 Å². The van der Waals surface area contributed by atoms with Crippen molar-refractivity contribution in [2.75, 3.05) is 6.54 Å². The molecule has 2 aliphatic rings. The Labute approximate surface area is 87.1 Å². The normalized spacial score (nSPS) is 33.4. The molecular formula is C12H23NO. The number of aliphatic hydroxyl groups is 1. The van der Waals surface area contributed by atoms with Gasteiger partial charge in [-0.2, -0.15) is 0 Å². The summed E-state index contributed by atoms with van der Waals surface area (Å²) in [5.74, 6) is 0.572. The van der Waals surface area contributed by atoms with Crippen molar-refractivity contribution in [3.8, 4) is 0 Å². The second-order valence-electron chi connectivity index (χ2n) is 4.98. The third-order valence-corrected chi connectivity index (χ3v) is 4.29. The number of piperidine rings is 1. The second kappa shape index (κ2) is 4.19. The molecule has 2 nitrogen and oxygen atoms in total. The lowest BCUT2D eigenvalue weighted by Gasteiger charge is -2.47. The smallest absolute Gasteiger partial charge is 0.0825 e. The molecule has 0 radical (unpaired) electrons. The summed E-state index contributed by atoms with van der Waals surface area (Å²) in [4.78, 5) is 0. The molecule has 0 aromatic rings. The maximum atomic E-state index is 10.7. The highest BCUT2D eigenvalue weighted by Crippen LogP contribution is 2.41. The molecule has 0 aromatic carbocycles. The van der Waals surface area contributed by atoms with Crippen molar-refractivity contribution in [2.45, 2.75) is 63.5 Å². The quantitative estimate of drug-likeness (QED) is 0.726. The summed E-state index contributed by atoms with van der Waals surface area (Å²) < 4.78 is 0. The van der Waals surface area contributed by atoms with Gasteiger partial charge in [0.25, 0.3) is 0 Å². The Balaban J connectivity index is 2.01. The topological polar surface area (TPSA) is 32.3 Å². The van der Waals surface area contributed by atoms with Crippen LogP contribution in [0.3, 0.4) is 0 Å². The Morgan fingerprint density at radius 3 is 2.43 bits per heavy atom. The molecule has 0 spiro atoms. The highest BCUT2D eigenvalue weighted by Gasteiger charge is 2.44. The number of hydrogen-bond donors (Lipinski definition) is 2. The molecule has 2 rings (SSSR count). The Morgan fingerprint density at radius 1 is 1.21 bits per heavy atom. The molecule has 14 heavy (non-hydrogen) atoms. The molecule has 2 fully saturated rings. The van der Waals surface area contributed by atoms with E-state index in [1.54, 1.807) is 0 Å². The minimum absolute atomic E-state index is 0.367. The van der Waals surface area contributed by atoms with Crippen LogP contribution in [0.4, 0.5) is 0 Å². The molecule has 0 bridgehead atoms. The van der Waals surface area contributed by atoms with Gasteiger partial charge in [-0.1, -0.05) is 19.8 Å². The van der Waals surface area contributed by atoms with Crippen LogP contribution in [0.1, 0.15) is 51.9 Å². The third-order valence-electron chi connectivity index (χ3n) is 4.29. The van der Waals surface area contributed by atoms with E-state index in [9.17, 15) is 5.11 Å². The number of rotatable bonds is 3. The molecule has 2 unspecified atom stereocenters. The molecule has 2 atom stereocenters. The van der Waals surface area contributed by atoms with Crippen LogP contribution in [0.2, 0.25) is 0 Å². The first kappa shape index (κ1) is 10.4. The number of hydrogen-bond acceptors (Lipinski definition) is 2. The zero-order chi connectivity index (χ0) is 10.0. The molecule has 1 aliphatic heterocycles. The van der Waals surface area contributed by atoms with E-state index in [1.165, 1.54) is 38.5 Å². The van der Waals surface area contributed by atoms with E-state index in [4.69, 9.17) is 0 Å². The molecule has 82 valence electrons. The maximum Gasteiger partial charge on any atom is 0.0825 e. The van der Waals surface area contributed by atoms with Crippen molar-refractivity contribution >= 4 is 0 Å². The minimum Gasteiger partial charge on any atom is -0.388 e. The first-order valence-corrected chi connectivity index (χ1v) is 6.23. The molecule has 2 heteroatoms. The van der Waals surface area contributed by atoms with Gasteiger partial charge in [0.05, 0.1) is 5.60 Å². The van der Waals surface area contributed by atoms with Gasteiger partial charge in [0.1, 0.15) is 0 Å². The average Bonchev–Trinajstić information content (AvgIpc) is 2.16. The van der Waals surface area contributed by atoms with Gasteiger partial charge in [-0.15, -0.1) is 0 Å². The SMILES string of the molecule is CCC(O)(C1CCC1)C1CCCCN1. The summed E-state index contributed by atoms with van der Waals surface area (Å²) in [6.45, 7) is 3.23. The lowest BCUT2D eigenvalue weighted by molar-refractivity contribution is -0.0869. The van der Waals surface area contributed by atoms with E-state index in [-0.39, 0.29) is 0 Å². The Morgan fingerprint density at radius 2 is 2.00 bits per heavy atom. The number of nitrogens with one attached hydrogen (secondary N) is 1. The van der Waals surface area contributed by atoms with E-state index < -0.39 is 5.60 Å². The van der Waals surface area contributed by atoms with Crippen LogP contribution >= 0.6 is 0 Å². The summed E-state index contributed by atoms with van der Waals surface area (Å²) in [6.07, 6.45) is 8.44. The van der Waals surface area contributed by atoms with Crippen LogP contribution in [0.5, 0.6) is 0 Å². The molecular weight excluding hydrogens is 174 g/mol.